The number of amides is 1. The Morgan fingerprint density at radius 3 is 2.76 bits per heavy atom. The molecule has 1 aromatic carbocycles. The van der Waals surface area contributed by atoms with Crippen LogP contribution in [-0.2, 0) is 11.3 Å². The number of benzene rings is 1. The smallest absolute Gasteiger partial charge is 0.228 e. The minimum Gasteiger partial charge on any atom is -0.328 e. The van der Waals surface area contributed by atoms with E-state index in [2.05, 4.69) is 32.8 Å². The van der Waals surface area contributed by atoms with Gasteiger partial charge in [0.05, 0.1) is 11.0 Å². The summed E-state index contributed by atoms with van der Waals surface area (Å²) < 4.78 is 2.24. The lowest BCUT2D eigenvalue weighted by atomic mass is 10.1. The topological polar surface area (TPSA) is 50.2 Å². The average molecular weight is 342 g/mol. The molecule has 1 N–H and O–H groups in total. The van der Waals surface area contributed by atoms with Gasteiger partial charge < -0.3 is 14.8 Å². The number of hydrogen-bond acceptors (Lipinski definition) is 3. The average Bonchev–Trinajstić information content (AvgIpc) is 2.91. The van der Waals surface area contributed by atoms with Gasteiger partial charge in [-0.1, -0.05) is 20.3 Å². The van der Waals surface area contributed by atoms with E-state index in [-0.39, 0.29) is 11.8 Å². The van der Waals surface area contributed by atoms with Crippen LogP contribution in [0.2, 0.25) is 0 Å². The van der Waals surface area contributed by atoms with Crippen LogP contribution in [0.5, 0.6) is 0 Å². The number of aromatic nitrogens is 2. The van der Waals surface area contributed by atoms with Crippen LogP contribution in [0, 0.1) is 12.8 Å². The highest BCUT2D eigenvalue weighted by atomic mass is 16.1. The SMILES string of the molecule is CCCn1c(C)nc2cc(NC(=O)C(C)CN3CCCCC3)ccc21. The Morgan fingerprint density at radius 2 is 2.04 bits per heavy atom. The van der Waals surface area contributed by atoms with Gasteiger partial charge in [0, 0.05) is 24.7 Å². The third-order valence-electron chi connectivity index (χ3n) is 5.08. The van der Waals surface area contributed by atoms with Crippen LogP contribution < -0.4 is 5.32 Å². The fourth-order valence-electron chi connectivity index (χ4n) is 3.71. The predicted molar refractivity (Wildman–Crippen MR) is 103 cm³/mol. The number of carbonyl (C=O) groups excluding carboxylic acids is 1. The standard InChI is InChI=1S/C20H30N4O/c1-4-10-24-16(3)21-18-13-17(8-9-19(18)24)22-20(25)15(2)14-23-11-6-5-7-12-23/h8-9,13,15H,4-7,10-12,14H2,1-3H3,(H,22,25). The van der Waals surface area contributed by atoms with Crippen molar-refractivity contribution in [1.82, 2.24) is 14.5 Å². The van der Waals surface area contributed by atoms with Crippen LogP contribution in [0.4, 0.5) is 5.69 Å². The monoisotopic (exact) mass is 342 g/mol. The molecule has 1 fully saturated rings. The van der Waals surface area contributed by atoms with Gasteiger partial charge in [-0.15, -0.1) is 0 Å². The number of aryl methyl sites for hydroxylation is 2. The zero-order valence-corrected chi connectivity index (χ0v) is 15.7. The van der Waals surface area contributed by atoms with Gasteiger partial charge in [0.1, 0.15) is 5.82 Å². The number of piperidine rings is 1. The van der Waals surface area contributed by atoms with Gasteiger partial charge in [0.15, 0.2) is 0 Å². The van der Waals surface area contributed by atoms with Crippen molar-refractivity contribution in [3.05, 3.63) is 24.0 Å². The van der Waals surface area contributed by atoms with E-state index in [9.17, 15) is 4.79 Å². The summed E-state index contributed by atoms with van der Waals surface area (Å²) in [6.07, 6.45) is 4.91. The molecule has 5 heteroatoms. The molecule has 0 spiro atoms. The number of nitrogens with one attached hydrogen (secondary N) is 1. The lowest BCUT2D eigenvalue weighted by Crippen LogP contribution is -2.37. The summed E-state index contributed by atoms with van der Waals surface area (Å²) in [7, 11) is 0. The molecule has 5 nitrogen and oxygen atoms in total. The Morgan fingerprint density at radius 1 is 1.28 bits per heavy atom. The molecule has 1 aliphatic rings. The van der Waals surface area contributed by atoms with Gasteiger partial charge in [-0.25, -0.2) is 4.98 Å². The van der Waals surface area contributed by atoms with Gasteiger partial charge >= 0.3 is 0 Å². The molecule has 2 heterocycles. The number of hydrogen-bond donors (Lipinski definition) is 1. The number of likely N-dealkylation sites (tertiary alicyclic amines) is 1. The molecule has 1 aliphatic heterocycles. The summed E-state index contributed by atoms with van der Waals surface area (Å²) >= 11 is 0. The Labute approximate surface area is 150 Å². The summed E-state index contributed by atoms with van der Waals surface area (Å²) in [5, 5.41) is 3.07. The van der Waals surface area contributed by atoms with Crippen LogP contribution in [0.3, 0.4) is 0 Å². The molecule has 0 bridgehead atoms. The third-order valence-corrected chi connectivity index (χ3v) is 5.08. The Balaban J connectivity index is 1.66. The van der Waals surface area contributed by atoms with Crippen molar-refractivity contribution in [2.24, 2.45) is 5.92 Å². The van der Waals surface area contributed by atoms with Gasteiger partial charge in [-0.3, -0.25) is 4.79 Å². The highest BCUT2D eigenvalue weighted by molar-refractivity contribution is 5.94. The maximum absolute atomic E-state index is 12.5. The molecule has 1 atom stereocenters. The molecule has 0 aliphatic carbocycles. The zero-order chi connectivity index (χ0) is 17.8. The lowest BCUT2D eigenvalue weighted by molar-refractivity contribution is -0.120. The van der Waals surface area contributed by atoms with Crippen molar-refractivity contribution in [2.45, 2.75) is 53.0 Å². The molecule has 0 radical (unpaired) electrons. The summed E-state index contributed by atoms with van der Waals surface area (Å²) in [4.78, 5) is 19.6. The minimum atomic E-state index is -0.00631. The van der Waals surface area contributed by atoms with E-state index in [1.165, 1.54) is 19.3 Å². The van der Waals surface area contributed by atoms with E-state index in [1.54, 1.807) is 0 Å². The maximum Gasteiger partial charge on any atom is 0.228 e. The first-order chi connectivity index (χ1) is 12.1. The number of nitrogens with zero attached hydrogens (tertiary/aromatic N) is 3. The fourth-order valence-corrected chi connectivity index (χ4v) is 3.71. The first kappa shape index (κ1) is 17.9. The van der Waals surface area contributed by atoms with Crippen molar-refractivity contribution in [3.63, 3.8) is 0 Å². The van der Waals surface area contributed by atoms with Crippen molar-refractivity contribution in [1.29, 1.82) is 0 Å². The predicted octanol–water partition coefficient (Wildman–Crippen LogP) is 3.82. The molecule has 1 unspecified atom stereocenters. The second kappa shape index (κ2) is 8.00. The van der Waals surface area contributed by atoms with Crippen molar-refractivity contribution in [3.8, 4) is 0 Å². The number of imidazole rings is 1. The number of anilines is 1. The van der Waals surface area contributed by atoms with Crippen LogP contribution in [0.1, 0.15) is 45.4 Å². The Kier molecular flexibility index (Phi) is 5.74. The first-order valence-electron chi connectivity index (χ1n) is 9.58. The van der Waals surface area contributed by atoms with Gasteiger partial charge in [0.2, 0.25) is 5.91 Å². The zero-order valence-electron chi connectivity index (χ0n) is 15.7. The lowest BCUT2D eigenvalue weighted by Gasteiger charge is -2.28. The normalized spacial score (nSPS) is 16.9. The summed E-state index contributed by atoms with van der Waals surface area (Å²) in [5.41, 5.74) is 2.93. The van der Waals surface area contributed by atoms with Gasteiger partial charge in [-0.2, -0.15) is 0 Å². The quantitative estimate of drug-likeness (QED) is 0.868. The number of fused-ring (bicyclic) bond motifs is 1. The summed E-state index contributed by atoms with van der Waals surface area (Å²) in [5.74, 6) is 1.11. The van der Waals surface area contributed by atoms with E-state index in [4.69, 9.17) is 0 Å². The van der Waals surface area contributed by atoms with Gasteiger partial charge in [0.25, 0.3) is 0 Å². The summed E-state index contributed by atoms with van der Waals surface area (Å²) in [6, 6.07) is 6.04. The molecule has 3 rings (SSSR count). The molecule has 1 aromatic heterocycles. The van der Waals surface area contributed by atoms with E-state index in [0.29, 0.717) is 0 Å². The van der Waals surface area contributed by atoms with Crippen molar-refractivity contribution in [2.75, 3.05) is 25.0 Å². The highest BCUT2D eigenvalue weighted by Gasteiger charge is 2.19. The molecule has 136 valence electrons. The van der Waals surface area contributed by atoms with E-state index < -0.39 is 0 Å². The number of rotatable bonds is 6. The van der Waals surface area contributed by atoms with Crippen LogP contribution in [0.25, 0.3) is 11.0 Å². The second-order valence-electron chi connectivity index (χ2n) is 7.27. The second-order valence-corrected chi connectivity index (χ2v) is 7.27. The van der Waals surface area contributed by atoms with E-state index >= 15 is 0 Å². The summed E-state index contributed by atoms with van der Waals surface area (Å²) in [6.45, 7) is 10.3. The van der Waals surface area contributed by atoms with E-state index in [0.717, 1.165) is 55.1 Å². The number of carbonyl (C=O) groups is 1. The van der Waals surface area contributed by atoms with Crippen molar-refractivity contribution < 1.29 is 4.79 Å². The molecular weight excluding hydrogens is 312 g/mol. The fraction of sp³-hybridized carbons (Fsp3) is 0.600. The van der Waals surface area contributed by atoms with Crippen LogP contribution >= 0.6 is 0 Å². The highest BCUT2D eigenvalue weighted by Crippen LogP contribution is 2.21. The Hall–Kier alpha value is -1.88. The first-order valence-corrected chi connectivity index (χ1v) is 9.58. The van der Waals surface area contributed by atoms with Crippen LogP contribution in [-0.4, -0.2) is 40.0 Å². The Bertz CT molecular complexity index is 731. The maximum atomic E-state index is 12.5. The third kappa shape index (κ3) is 4.21. The molecule has 1 amide bonds. The molecule has 1 saturated heterocycles. The molecule has 2 aromatic rings. The van der Waals surface area contributed by atoms with Crippen LogP contribution in [0.15, 0.2) is 18.2 Å². The molecular formula is C20H30N4O. The molecule has 0 saturated carbocycles. The minimum absolute atomic E-state index is 0.00631. The van der Waals surface area contributed by atoms with E-state index in [1.807, 2.05) is 26.0 Å². The van der Waals surface area contributed by atoms with Gasteiger partial charge in [-0.05, 0) is 57.5 Å². The van der Waals surface area contributed by atoms with Crippen molar-refractivity contribution >= 4 is 22.6 Å². The molecule has 25 heavy (non-hydrogen) atoms. The largest absolute Gasteiger partial charge is 0.328 e.